The molecular weight excluding hydrogens is 194 g/mol. The second kappa shape index (κ2) is 5.92. The van der Waals surface area contributed by atoms with Crippen molar-refractivity contribution in [3.63, 3.8) is 0 Å². The van der Waals surface area contributed by atoms with Crippen LogP contribution in [0.25, 0.3) is 0 Å². The summed E-state index contributed by atoms with van der Waals surface area (Å²) in [5, 5.41) is 1.28. The van der Waals surface area contributed by atoms with E-state index < -0.39 is 8.80 Å². The van der Waals surface area contributed by atoms with Crippen LogP contribution in [0.1, 0.15) is 0 Å². The molecule has 0 aliphatic rings. The molecule has 1 rings (SSSR count). The Balaban J connectivity index is 2.81. The van der Waals surface area contributed by atoms with Crippen molar-refractivity contribution < 1.29 is 9.47 Å². The molecule has 1 aromatic carbocycles. The van der Waals surface area contributed by atoms with E-state index in [2.05, 4.69) is 12.1 Å². The second-order valence-corrected chi connectivity index (χ2v) is 5.99. The van der Waals surface area contributed by atoms with Crippen molar-refractivity contribution in [3.8, 4) is 0 Å². The van der Waals surface area contributed by atoms with Gasteiger partial charge in [0.05, 0.1) is 0 Å². The average molecular weight is 211 g/mol. The Morgan fingerprint density at radius 2 is 1.79 bits per heavy atom. The van der Waals surface area contributed by atoms with Crippen molar-refractivity contribution in [3.05, 3.63) is 30.3 Å². The summed E-state index contributed by atoms with van der Waals surface area (Å²) in [5.41, 5.74) is 5.76. The number of benzene rings is 1. The number of nitrogens with two attached hydrogens (primary N) is 1. The molecule has 0 aliphatic carbocycles. The lowest BCUT2D eigenvalue weighted by Gasteiger charge is -2.22. The van der Waals surface area contributed by atoms with Crippen LogP contribution in [-0.2, 0) is 9.47 Å². The molecular formula is C10H17NO2Si. The standard InChI is InChI=1S/C10H17NO2Si/c1-12-10(13-2)14(8-11)9-6-4-3-5-7-9/h3-7,10,14H,8,11H2,1-2H3. The minimum atomic E-state index is -1.35. The normalized spacial score (nSPS) is 13.1. The molecule has 14 heavy (non-hydrogen) atoms. The van der Waals surface area contributed by atoms with E-state index in [0.717, 1.165) is 0 Å². The molecule has 0 heterocycles. The summed E-state index contributed by atoms with van der Waals surface area (Å²) < 4.78 is 10.5. The maximum absolute atomic E-state index is 5.76. The lowest BCUT2D eigenvalue weighted by atomic mass is 10.4. The Hall–Kier alpha value is -0.683. The molecule has 1 atom stereocenters. The average Bonchev–Trinajstić information content (AvgIpc) is 2.27. The Bertz CT molecular complexity index is 252. The van der Waals surface area contributed by atoms with E-state index in [1.807, 2.05) is 18.2 Å². The van der Waals surface area contributed by atoms with E-state index in [0.29, 0.717) is 6.17 Å². The number of rotatable bonds is 5. The van der Waals surface area contributed by atoms with Crippen LogP contribution in [0.4, 0.5) is 0 Å². The van der Waals surface area contributed by atoms with Gasteiger partial charge in [-0.2, -0.15) is 0 Å². The lowest BCUT2D eigenvalue weighted by Crippen LogP contribution is -2.50. The molecule has 0 radical (unpaired) electrons. The van der Waals surface area contributed by atoms with Gasteiger partial charge in [0.25, 0.3) is 0 Å². The molecule has 0 spiro atoms. The van der Waals surface area contributed by atoms with Crippen LogP contribution in [0.3, 0.4) is 0 Å². The third-order valence-electron chi connectivity index (χ3n) is 2.27. The second-order valence-electron chi connectivity index (χ2n) is 3.09. The molecule has 0 amide bonds. The zero-order valence-electron chi connectivity index (χ0n) is 8.64. The molecule has 1 aromatic rings. The summed E-state index contributed by atoms with van der Waals surface area (Å²) in [5.74, 6) is -0.137. The van der Waals surface area contributed by atoms with Crippen molar-refractivity contribution >= 4 is 14.0 Å². The molecule has 3 nitrogen and oxygen atoms in total. The van der Waals surface area contributed by atoms with Gasteiger partial charge in [0, 0.05) is 14.2 Å². The van der Waals surface area contributed by atoms with Crippen LogP contribution < -0.4 is 10.9 Å². The third kappa shape index (κ3) is 2.65. The first-order valence-corrected chi connectivity index (χ1v) is 6.70. The van der Waals surface area contributed by atoms with Crippen LogP contribution in [0.2, 0.25) is 0 Å². The van der Waals surface area contributed by atoms with E-state index in [1.54, 1.807) is 14.2 Å². The van der Waals surface area contributed by atoms with E-state index in [-0.39, 0.29) is 5.91 Å². The maximum Gasteiger partial charge on any atom is 0.151 e. The molecule has 0 saturated carbocycles. The first-order chi connectivity index (χ1) is 6.83. The molecule has 0 fully saturated rings. The topological polar surface area (TPSA) is 44.5 Å². The highest BCUT2D eigenvalue weighted by Crippen LogP contribution is 1.98. The zero-order valence-corrected chi connectivity index (χ0v) is 9.80. The Labute approximate surface area is 86.4 Å². The number of methoxy groups -OCH3 is 2. The summed E-state index contributed by atoms with van der Waals surface area (Å²) in [7, 11) is 1.97. The van der Waals surface area contributed by atoms with Crippen LogP contribution in [0.5, 0.6) is 0 Å². The van der Waals surface area contributed by atoms with Crippen molar-refractivity contribution in [1.82, 2.24) is 0 Å². The molecule has 4 heteroatoms. The molecule has 2 N–H and O–H groups in total. The smallest absolute Gasteiger partial charge is 0.151 e. The lowest BCUT2D eigenvalue weighted by molar-refractivity contribution is -0.0460. The van der Waals surface area contributed by atoms with Gasteiger partial charge in [-0.3, -0.25) is 0 Å². The van der Waals surface area contributed by atoms with Crippen LogP contribution in [-0.4, -0.2) is 35.1 Å². The van der Waals surface area contributed by atoms with Gasteiger partial charge in [0.15, 0.2) is 8.80 Å². The summed E-state index contributed by atoms with van der Waals surface area (Å²) in [6.07, 6.45) is 0.649. The van der Waals surface area contributed by atoms with Crippen LogP contribution >= 0.6 is 0 Å². The number of hydrogen-bond acceptors (Lipinski definition) is 3. The van der Waals surface area contributed by atoms with Gasteiger partial charge in [-0.25, -0.2) is 0 Å². The van der Waals surface area contributed by atoms with E-state index >= 15 is 0 Å². The van der Waals surface area contributed by atoms with Crippen molar-refractivity contribution in [2.45, 2.75) is 5.91 Å². The van der Waals surface area contributed by atoms with Crippen LogP contribution in [0.15, 0.2) is 30.3 Å². The van der Waals surface area contributed by atoms with Gasteiger partial charge in [0.1, 0.15) is 5.91 Å². The first kappa shape index (κ1) is 11.4. The fourth-order valence-electron chi connectivity index (χ4n) is 1.53. The third-order valence-corrected chi connectivity index (χ3v) is 5.23. The van der Waals surface area contributed by atoms with Gasteiger partial charge >= 0.3 is 0 Å². The predicted molar refractivity (Wildman–Crippen MR) is 60.1 cm³/mol. The molecule has 0 bridgehead atoms. The van der Waals surface area contributed by atoms with Crippen molar-refractivity contribution in [2.24, 2.45) is 5.73 Å². The highest BCUT2D eigenvalue weighted by Gasteiger charge is 2.22. The summed E-state index contributed by atoms with van der Waals surface area (Å²) in [6.45, 7) is 0. The molecule has 78 valence electrons. The van der Waals surface area contributed by atoms with Gasteiger partial charge in [-0.1, -0.05) is 35.5 Å². The minimum absolute atomic E-state index is 0.137. The number of hydrogen-bond donors (Lipinski definition) is 1. The van der Waals surface area contributed by atoms with Crippen molar-refractivity contribution in [2.75, 3.05) is 20.4 Å². The summed E-state index contributed by atoms with van der Waals surface area (Å²) in [6, 6.07) is 10.2. The fraction of sp³-hybridized carbons (Fsp3) is 0.400. The zero-order chi connectivity index (χ0) is 10.4. The van der Waals surface area contributed by atoms with Gasteiger partial charge in [0.2, 0.25) is 0 Å². The Morgan fingerprint density at radius 1 is 1.21 bits per heavy atom. The molecule has 0 aromatic heterocycles. The van der Waals surface area contributed by atoms with E-state index in [4.69, 9.17) is 15.2 Å². The first-order valence-electron chi connectivity index (χ1n) is 4.64. The summed E-state index contributed by atoms with van der Waals surface area (Å²) >= 11 is 0. The highest BCUT2D eigenvalue weighted by atomic mass is 28.3. The molecule has 0 saturated heterocycles. The SMILES string of the molecule is COC(OC)[SiH](CN)c1ccccc1. The summed E-state index contributed by atoms with van der Waals surface area (Å²) in [4.78, 5) is 0. The Morgan fingerprint density at radius 3 is 2.21 bits per heavy atom. The molecule has 0 aliphatic heterocycles. The van der Waals surface area contributed by atoms with Crippen molar-refractivity contribution in [1.29, 1.82) is 0 Å². The van der Waals surface area contributed by atoms with Gasteiger partial charge < -0.3 is 15.2 Å². The van der Waals surface area contributed by atoms with E-state index in [9.17, 15) is 0 Å². The van der Waals surface area contributed by atoms with Gasteiger partial charge in [-0.15, -0.1) is 0 Å². The number of ether oxygens (including phenoxy) is 2. The largest absolute Gasteiger partial charge is 0.359 e. The monoisotopic (exact) mass is 211 g/mol. The highest BCUT2D eigenvalue weighted by molar-refractivity contribution is 6.74. The molecule has 1 unspecified atom stereocenters. The van der Waals surface area contributed by atoms with Crippen LogP contribution in [0, 0.1) is 0 Å². The quantitative estimate of drug-likeness (QED) is 0.541. The Kier molecular flexibility index (Phi) is 4.82. The van der Waals surface area contributed by atoms with E-state index in [1.165, 1.54) is 5.19 Å². The maximum atomic E-state index is 5.76. The predicted octanol–water partition coefficient (Wildman–Crippen LogP) is -0.223. The minimum Gasteiger partial charge on any atom is -0.359 e. The fourth-order valence-corrected chi connectivity index (χ4v) is 3.71. The van der Waals surface area contributed by atoms with Gasteiger partial charge in [-0.05, 0) is 6.17 Å².